The number of fused-ring (bicyclic) bond motifs is 1. The summed E-state index contributed by atoms with van der Waals surface area (Å²) < 4.78 is 3.08. The highest BCUT2D eigenvalue weighted by Crippen LogP contribution is 2.33. The minimum Gasteiger partial charge on any atom is -0.284 e. The number of pyridine rings is 1. The van der Waals surface area contributed by atoms with E-state index in [4.69, 9.17) is 9.98 Å². The van der Waals surface area contributed by atoms with Crippen molar-refractivity contribution in [3.63, 3.8) is 0 Å². The molecule has 0 aliphatic carbocycles. The van der Waals surface area contributed by atoms with Crippen LogP contribution in [-0.2, 0) is 0 Å². The van der Waals surface area contributed by atoms with Gasteiger partial charge >= 0.3 is 0 Å². The van der Waals surface area contributed by atoms with Crippen LogP contribution in [0.4, 0.5) is 5.82 Å². The van der Waals surface area contributed by atoms with Gasteiger partial charge in [-0.3, -0.25) is 4.40 Å². The van der Waals surface area contributed by atoms with Gasteiger partial charge in [0, 0.05) is 16.9 Å². The number of hydrogen-bond acceptors (Lipinski definition) is 3. The summed E-state index contributed by atoms with van der Waals surface area (Å²) in [5.41, 5.74) is 2.87. The molecule has 4 aromatic rings. The van der Waals surface area contributed by atoms with Gasteiger partial charge in [0.15, 0.2) is 5.82 Å². The van der Waals surface area contributed by atoms with E-state index in [1.807, 2.05) is 65.3 Å². The molecule has 0 spiro atoms. The third-order valence-electron chi connectivity index (χ3n) is 3.47. The number of rotatable bonds is 3. The third-order valence-corrected chi connectivity index (χ3v) is 4.87. The molecule has 0 fully saturated rings. The van der Waals surface area contributed by atoms with Crippen molar-refractivity contribution < 1.29 is 0 Å². The topological polar surface area (TPSA) is 29.7 Å². The maximum Gasteiger partial charge on any atom is 0.165 e. The van der Waals surface area contributed by atoms with E-state index in [0.717, 1.165) is 32.1 Å². The van der Waals surface area contributed by atoms with Gasteiger partial charge < -0.3 is 0 Å². The van der Waals surface area contributed by atoms with Crippen molar-refractivity contribution in [2.24, 2.45) is 4.99 Å². The second kappa shape index (κ2) is 6.10. The molecule has 0 atom stereocenters. The van der Waals surface area contributed by atoms with Crippen LogP contribution in [0.5, 0.6) is 0 Å². The largest absolute Gasteiger partial charge is 0.284 e. The van der Waals surface area contributed by atoms with Crippen molar-refractivity contribution in [3.05, 3.63) is 76.2 Å². The van der Waals surface area contributed by atoms with Crippen LogP contribution in [0, 0.1) is 0 Å². The maximum absolute atomic E-state index is 4.73. The molecule has 4 rings (SSSR count). The fraction of sp³-hybridized carbons (Fsp3) is 0. The number of nitrogens with zero attached hydrogens (tertiary/aromatic N) is 3. The molecule has 0 amide bonds. The van der Waals surface area contributed by atoms with Gasteiger partial charge in [0.1, 0.15) is 11.3 Å². The molecule has 0 aliphatic heterocycles. The molecule has 0 N–H and O–H groups in total. The zero-order valence-electron chi connectivity index (χ0n) is 12.1. The Balaban J connectivity index is 1.84. The van der Waals surface area contributed by atoms with Crippen molar-refractivity contribution in [2.75, 3.05) is 0 Å². The van der Waals surface area contributed by atoms with Crippen molar-refractivity contribution >= 4 is 44.9 Å². The number of benzene rings is 1. The first-order chi connectivity index (χ1) is 11.3. The molecule has 0 aliphatic rings. The minimum absolute atomic E-state index is 0.853. The summed E-state index contributed by atoms with van der Waals surface area (Å²) in [5, 5.41) is 2.06. The van der Waals surface area contributed by atoms with Crippen LogP contribution in [0.25, 0.3) is 16.2 Å². The maximum atomic E-state index is 4.73. The van der Waals surface area contributed by atoms with E-state index in [0.29, 0.717) is 0 Å². The summed E-state index contributed by atoms with van der Waals surface area (Å²) in [4.78, 5) is 10.6. The van der Waals surface area contributed by atoms with Crippen LogP contribution in [0.15, 0.2) is 75.6 Å². The Bertz CT molecular complexity index is 969. The summed E-state index contributed by atoms with van der Waals surface area (Å²) in [7, 11) is 0. The van der Waals surface area contributed by atoms with E-state index < -0.39 is 0 Å². The van der Waals surface area contributed by atoms with Crippen molar-refractivity contribution in [2.45, 2.75) is 0 Å². The molecule has 0 unspecified atom stereocenters. The molecule has 1 aromatic carbocycles. The summed E-state index contributed by atoms with van der Waals surface area (Å²) in [6.45, 7) is 0. The van der Waals surface area contributed by atoms with Gasteiger partial charge in [0.25, 0.3) is 0 Å². The van der Waals surface area contributed by atoms with Gasteiger partial charge in [-0.05, 0) is 41.3 Å². The van der Waals surface area contributed by atoms with E-state index in [-0.39, 0.29) is 0 Å². The molecular weight excluding hydrogens is 370 g/mol. The molecule has 3 heterocycles. The second-order valence-corrected chi connectivity index (χ2v) is 6.86. The molecule has 5 heteroatoms. The second-order valence-electron chi connectivity index (χ2n) is 5.00. The molecule has 112 valence electrons. The third kappa shape index (κ3) is 2.85. The Hall–Kier alpha value is -2.24. The van der Waals surface area contributed by atoms with Crippen LogP contribution >= 0.6 is 27.3 Å². The average molecular weight is 382 g/mol. The number of halogens is 1. The molecule has 0 bridgehead atoms. The standard InChI is InChI=1S/C18H12BrN3S/c19-14-8-6-13(7-9-14)12-20-18-17(15-4-3-11-23-15)21-16-5-1-2-10-22(16)18/h1-12H. The molecule has 3 aromatic heterocycles. The molecule has 3 nitrogen and oxygen atoms in total. The van der Waals surface area contributed by atoms with Crippen molar-refractivity contribution in [1.82, 2.24) is 9.38 Å². The lowest BCUT2D eigenvalue weighted by Crippen LogP contribution is -1.84. The summed E-state index contributed by atoms with van der Waals surface area (Å²) in [6, 6.07) is 18.2. The first-order valence-corrected chi connectivity index (χ1v) is 8.79. The Morgan fingerprint density at radius 3 is 2.70 bits per heavy atom. The van der Waals surface area contributed by atoms with Crippen LogP contribution in [0.1, 0.15) is 5.56 Å². The Morgan fingerprint density at radius 1 is 1.04 bits per heavy atom. The van der Waals surface area contributed by atoms with E-state index in [2.05, 4.69) is 27.4 Å². The minimum atomic E-state index is 0.853. The quantitative estimate of drug-likeness (QED) is 0.426. The van der Waals surface area contributed by atoms with E-state index >= 15 is 0 Å². The van der Waals surface area contributed by atoms with Gasteiger partial charge in [0.2, 0.25) is 0 Å². The van der Waals surface area contributed by atoms with Crippen LogP contribution < -0.4 is 0 Å². The van der Waals surface area contributed by atoms with Gasteiger partial charge in [0.05, 0.1) is 4.88 Å². The first-order valence-electron chi connectivity index (χ1n) is 7.12. The number of hydrogen-bond donors (Lipinski definition) is 0. The average Bonchev–Trinajstić information content (AvgIpc) is 3.22. The van der Waals surface area contributed by atoms with E-state index in [1.165, 1.54) is 0 Å². The number of thiophene rings is 1. The van der Waals surface area contributed by atoms with Crippen LogP contribution in [0.2, 0.25) is 0 Å². The molecule has 0 saturated carbocycles. The van der Waals surface area contributed by atoms with Crippen LogP contribution in [0.3, 0.4) is 0 Å². The van der Waals surface area contributed by atoms with Gasteiger partial charge in [-0.15, -0.1) is 11.3 Å². The van der Waals surface area contributed by atoms with Gasteiger partial charge in [-0.2, -0.15) is 0 Å². The normalized spacial score (nSPS) is 11.5. The van der Waals surface area contributed by atoms with Crippen molar-refractivity contribution in [3.8, 4) is 10.6 Å². The zero-order valence-corrected chi connectivity index (χ0v) is 14.5. The fourth-order valence-corrected chi connectivity index (χ4v) is 3.34. The summed E-state index contributed by atoms with van der Waals surface area (Å²) in [6.07, 6.45) is 3.87. The summed E-state index contributed by atoms with van der Waals surface area (Å²) >= 11 is 5.12. The predicted octanol–water partition coefficient (Wildman–Crippen LogP) is 5.58. The first kappa shape index (κ1) is 14.4. The van der Waals surface area contributed by atoms with E-state index in [9.17, 15) is 0 Å². The Kier molecular flexibility index (Phi) is 3.81. The Labute approximate surface area is 146 Å². The SMILES string of the molecule is Brc1ccc(C=Nc2c(-c3cccs3)nc3ccccn23)cc1. The highest BCUT2D eigenvalue weighted by molar-refractivity contribution is 9.10. The van der Waals surface area contributed by atoms with Crippen LogP contribution in [-0.4, -0.2) is 15.6 Å². The lowest BCUT2D eigenvalue weighted by atomic mass is 10.2. The lowest BCUT2D eigenvalue weighted by Gasteiger charge is -1.98. The number of aromatic nitrogens is 2. The molecule has 0 radical (unpaired) electrons. The van der Waals surface area contributed by atoms with Gasteiger partial charge in [-0.1, -0.05) is 40.2 Å². The molecule has 23 heavy (non-hydrogen) atoms. The Morgan fingerprint density at radius 2 is 1.91 bits per heavy atom. The smallest absolute Gasteiger partial charge is 0.165 e. The number of imidazole rings is 1. The van der Waals surface area contributed by atoms with E-state index in [1.54, 1.807) is 11.3 Å². The lowest BCUT2D eigenvalue weighted by molar-refractivity contribution is 1.17. The molecular formula is C18H12BrN3S. The molecule has 0 saturated heterocycles. The zero-order chi connectivity index (χ0) is 15.6. The van der Waals surface area contributed by atoms with Crippen molar-refractivity contribution in [1.29, 1.82) is 0 Å². The highest BCUT2D eigenvalue weighted by atomic mass is 79.9. The number of aliphatic imine (C=N–C) groups is 1. The predicted molar refractivity (Wildman–Crippen MR) is 99.9 cm³/mol. The fourth-order valence-electron chi connectivity index (χ4n) is 2.37. The highest BCUT2D eigenvalue weighted by Gasteiger charge is 2.13. The van der Waals surface area contributed by atoms with Gasteiger partial charge in [-0.25, -0.2) is 9.98 Å². The summed E-state index contributed by atoms with van der Waals surface area (Å²) in [5.74, 6) is 0.853. The monoisotopic (exact) mass is 381 g/mol.